The van der Waals surface area contributed by atoms with Gasteiger partial charge in [0.05, 0.1) is 23.0 Å². The zero-order valence-electron chi connectivity index (χ0n) is 12.8. The molecule has 0 unspecified atom stereocenters. The van der Waals surface area contributed by atoms with E-state index >= 15 is 0 Å². The summed E-state index contributed by atoms with van der Waals surface area (Å²) in [6.45, 7) is 0. The van der Waals surface area contributed by atoms with Gasteiger partial charge in [-0.1, -0.05) is 24.3 Å². The molecule has 0 atom stereocenters. The summed E-state index contributed by atoms with van der Waals surface area (Å²) in [4.78, 5) is -0.286. The average Bonchev–Trinajstić information content (AvgIpc) is 2.61. The number of anilines is 1. The Hall–Kier alpha value is -2.28. The van der Waals surface area contributed by atoms with Gasteiger partial charge >= 0.3 is 29.6 Å². The first-order chi connectivity index (χ1) is 11.9. The second-order valence-corrected chi connectivity index (χ2v) is 6.58. The average molecular weight is 376 g/mol. The van der Waals surface area contributed by atoms with Gasteiger partial charge in [-0.05, 0) is 30.3 Å². The van der Waals surface area contributed by atoms with Crippen LogP contribution in [0.3, 0.4) is 0 Å². The number of hydrogen-bond acceptors (Lipinski definition) is 6. The molecule has 0 aliphatic heterocycles. The van der Waals surface area contributed by atoms with E-state index in [1.165, 1.54) is 6.07 Å². The van der Waals surface area contributed by atoms with Crippen LogP contribution in [0.2, 0.25) is 0 Å². The van der Waals surface area contributed by atoms with E-state index in [1.807, 2.05) is 6.07 Å². The molecule has 0 amide bonds. The van der Waals surface area contributed by atoms with Crippen LogP contribution in [0.5, 0.6) is 0 Å². The van der Waals surface area contributed by atoms with Crippen LogP contribution in [0, 0.1) is 11.3 Å². The first kappa shape index (κ1) is 20.0. The van der Waals surface area contributed by atoms with Gasteiger partial charge in [-0.3, -0.25) is 4.55 Å². The Morgan fingerprint density at radius 3 is 2.19 bits per heavy atom. The normalized spacial score (nSPS) is 11.2. The van der Waals surface area contributed by atoms with Gasteiger partial charge in [-0.2, -0.15) is 18.8 Å². The van der Waals surface area contributed by atoms with Crippen LogP contribution in [-0.2, 0) is 10.1 Å². The molecule has 0 aromatic heterocycles. The third kappa shape index (κ3) is 4.09. The molecule has 126 valence electrons. The fourth-order valence-electron chi connectivity index (χ4n) is 2.36. The SMILES string of the molecule is N#Cc1ccc(/N=N/c2cc(S(=O)(=O)O)c3ccccc3c2N)cc1.[NaH]. The van der Waals surface area contributed by atoms with Crippen molar-refractivity contribution in [3.05, 3.63) is 60.2 Å². The number of nitrogens with zero attached hydrogens (tertiary/aromatic N) is 3. The number of azo groups is 1. The van der Waals surface area contributed by atoms with Gasteiger partial charge in [-0.25, -0.2) is 0 Å². The van der Waals surface area contributed by atoms with Crippen molar-refractivity contribution in [1.29, 1.82) is 5.26 Å². The van der Waals surface area contributed by atoms with Gasteiger partial charge < -0.3 is 5.73 Å². The minimum atomic E-state index is -4.45. The monoisotopic (exact) mass is 376 g/mol. The molecule has 0 saturated carbocycles. The topological polar surface area (TPSA) is 129 Å². The summed E-state index contributed by atoms with van der Waals surface area (Å²) in [7, 11) is -4.45. The van der Waals surface area contributed by atoms with Gasteiger partial charge in [-0.15, -0.1) is 5.11 Å². The number of hydrogen-bond donors (Lipinski definition) is 2. The number of nitriles is 1. The third-order valence-electron chi connectivity index (χ3n) is 3.57. The fourth-order valence-corrected chi connectivity index (χ4v) is 3.08. The molecule has 0 saturated heterocycles. The summed E-state index contributed by atoms with van der Waals surface area (Å²) in [5.74, 6) is 0. The Morgan fingerprint density at radius 1 is 1.00 bits per heavy atom. The predicted molar refractivity (Wildman–Crippen MR) is 101 cm³/mol. The van der Waals surface area contributed by atoms with E-state index in [0.29, 0.717) is 22.0 Å². The number of nitrogens with two attached hydrogens (primary N) is 1. The van der Waals surface area contributed by atoms with Crippen LogP contribution >= 0.6 is 0 Å². The maximum atomic E-state index is 11.7. The van der Waals surface area contributed by atoms with Crippen molar-refractivity contribution >= 4 is 67.5 Å². The minimum absolute atomic E-state index is 0. The standard InChI is InChI=1S/C17H12N4O3S.Na.H/c18-10-11-5-7-12(8-6-11)20-21-15-9-16(25(22,23)24)13-3-1-2-4-14(13)17(15)19;;/h1-9H,19H2,(H,22,23,24);;/b21-20+;;. The molecule has 3 N–H and O–H groups in total. The molecule has 0 aliphatic rings. The maximum absolute atomic E-state index is 11.7. The first-order valence-electron chi connectivity index (χ1n) is 7.11. The van der Waals surface area contributed by atoms with E-state index in [2.05, 4.69) is 10.2 Å². The Balaban J connectivity index is 0.00000243. The van der Waals surface area contributed by atoms with Crippen LogP contribution in [0.15, 0.2) is 69.7 Å². The van der Waals surface area contributed by atoms with E-state index in [0.717, 1.165) is 0 Å². The molecule has 0 radical (unpaired) electrons. The van der Waals surface area contributed by atoms with Gasteiger partial charge in [0.1, 0.15) is 10.6 Å². The van der Waals surface area contributed by atoms with Gasteiger partial charge in [0, 0.05) is 10.8 Å². The van der Waals surface area contributed by atoms with Crippen molar-refractivity contribution in [2.75, 3.05) is 5.73 Å². The van der Waals surface area contributed by atoms with Crippen molar-refractivity contribution in [2.24, 2.45) is 10.2 Å². The molecule has 0 spiro atoms. The molecule has 3 rings (SSSR count). The fraction of sp³-hybridized carbons (Fsp3) is 0. The van der Waals surface area contributed by atoms with Crippen molar-refractivity contribution in [3.8, 4) is 6.07 Å². The summed E-state index contributed by atoms with van der Waals surface area (Å²) in [6, 6.07) is 16.1. The van der Waals surface area contributed by atoms with E-state index < -0.39 is 10.1 Å². The second kappa shape index (κ2) is 7.95. The van der Waals surface area contributed by atoms with Crippen molar-refractivity contribution in [3.63, 3.8) is 0 Å². The molecule has 7 nitrogen and oxygen atoms in total. The van der Waals surface area contributed by atoms with Crippen LogP contribution in [0.25, 0.3) is 10.8 Å². The van der Waals surface area contributed by atoms with Crippen molar-refractivity contribution < 1.29 is 13.0 Å². The van der Waals surface area contributed by atoms with Crippen LogP contribution < -0.4 is 5.73 Å². The van der Waals surface area contributed by atoms with E-state index in [-0.39, 0.29) is 45.8 Å². The molecule has 3 aromatic rings. The molecule has 0 aliphatic carbocycles. The molecule has 0 bridgehead atoms. The summed E-state index contributed by atoms with van der Waals surface area (Å²) in [6.07, 6.45) is 0. The van der Waals surface area contributed by atoms with Gasteiger partial charge in [0.25, 0.3) is 10.1 Å². The molecule has 0 heterocycles. The summed E-state index contributed by atoms with van der Waals surface area (Å²) < 4.78 is 32.8. The van der Waals surface area contributed by atoms with E-state index in [1.54, 1.807) is 48.5 Å². The number of fused-ring (bicyclic) bond motifs is 1. The van der Waals surface area contributed by atoms with Gasteiger partial charge in [0.2, 0.25) is 0 Å². The van der Waals surface area contributed by atoms with E-state index in [9.17, 15) is 13.0 Å². The van der Waals surface area contributed by atoms with Crippen LogP contribution in [0.1, 0.15) is 5.56 Å². The molecule has 26 heavy (non-hydrogen) atoms. The predicted octanol–water partition coefficient (Wildman–Crippen LogP) is 3.31. The third-order valence-corrected chi connectivity index (χ3v) is 4.47. The molecule has 0 fully saturated rings. The first-order valence-corrected chi connectivity index (χ1v) is 8.55. The Bertz CT molecular complexity index is 1140. The summed E-state index contributed by atoms with van der Waals surface area (Å²) >= 11 is 0. The molecular formula is C17H13N4NaO3S. The molecule has 9 heteroatoms. The van der Waals surface area contributed by atoms with Crippen molar-refractivity contribution in [1.82, 2.24) is 0 Å². The van der Waals surface area contributed by atoms with Crippen molar-refractivity contribution in [2.45, 2.75) is 4.90 Å². The quantitative estimate of drug-likeness (QED) is 0.313. The summed E-state index contributed by atoms with van der Waals surface area (Å²) in [5.41, 5.74) is 7.40. The number of nitrogen functional groups attached to an aromatic ring is 1. The van der Waals surface area contributed by atoms with E-state index in [4.69, 9.17) is 11.0 Å². The van der Waals surface area contributed by atoms with Crippen LogP contribution in [0.4, 0.5) is 17.1 Å². The summed E-state index contributed by atoms with van der Waals surface area (Å²) in [5, 5.41) is 17.5. The van der Waals surface area contributed by atoms with Gasteiger partial charge in [0.15, 0.2) is 0 Å². The Kier molecular flexibility index (Phi) is 6.13. The number of rotatable bonds is 3. The molecule has 3 aromatic carbocycles. The zero-order valence-corrected chi connectivity index (χ0v) is 13.6. The number of benzene rings is 3. The van der Waals surface area contributed by atoms with Crippen LogP contribution in [-0.4, -0.2) is 42.5 Å². The second-order valence-electron chi connectivity index (χ2n) is 5.19. The molecular weight excluding hydrogens is 363 g/mol. The Morgan fingerprint density at radius 2 is 1.62 bits per heavy atom. The zero-order chi connectivity index (χ0) is 18.0. The Labute approximate surface area is 172 Å².